The molecule has 0 unspecified atom stereocenters. The van der Waals surface area contributed by atoms with Crippen molar-refractivity contribution < 1.29 is 19.2 Å². The van der Waals surface area contributed by atoms with E-state index in [-0.39, 0.29) is 34.4 Å². The standard InChI is InChI=1S/C24H24BrClN4O6/c1-5-13(3)22-28-19-8-7-16(25)11-17(19)23(31)29(22)27-12-15-9-18(26)21(20(10-15)30(33)34)36-14(4)24(32)35-6-2/h7-14H,5-6H2,1-4H3/t13-,14-/m0/s1. The molecule has 3 rings (SSSR count). The number of nitrogens with zero attached hydrogens (tertiary/aromatic N) is 4. The number of fused-ring (bicyclic) bond motifs is 1. The van der Waals surface area contributed by atoms with Crippen LogP contribution in [0.5, 0.6) is 5.75 Å². The summed E-state index contributed by atoms with van der Waals surface area (Å²) in [7, 11) is 0. The van der Waals surface area contributed by atoms with Crippen LogP contribution in [0, 0.1) is 10.1 Å². The predicted molar refractivity (Wildman–Crippen MR) is 140 cm³/mol. The van der Waals surface area contributed by atoms with Crippen molar-refractivity contribution in [2.45, 2.75) is 46.1 Å². The third kappa shape index (κ3) is 5.90. The summed E-state index contributed by atoms with van der Waals surface area (Å²) in [4.78, 5) is 40.9. The van der Waals surface area contributed by atoms with Gasteiger partial charge in [0, 0.05) is 22.0 Å². The number of ether oxygens (including phenoxy) is 2. The number of nitro groups is 1. The quantitative estimate of drug-likeness (QED) is 0.143. The summed E-state index contributed by atoms with van der Waals surface area (Å²) < 4.78 is 12.2. The molecule has 0 fully saturated rings. The Hall–Kier alpha value is -3.31. The Bertz CT molecular complexity index is 1410. The lowest BCUT2D eigenvalue weighted by atomic mass is 10.1. The largest absolute Gasteiger partial charge is 0.471 e. The maximum absolute atomic E-state index is 13.3. The molecule has 2 aromatic carbocycles. The number of benzene rings is 2. The molecule has 0 aliphatic rings. The van der Waals surface area contributed by atoms with Crippen LogP contribution < -0.4 is 10.3 Å². The first-order valence-electron chi connectivity index (χ1n) is 11.1. The molecule has 2 atom stereocenters. The Labute approximate surface area is 220 Å². The van der Waals surface area contributed by atoms with Gasteiger partial charge in [0.25, 0.3) is 5.56 Å². The van der Waals surface area contributed by atoms with Gasteiger partial charge in [-0.25, -0.2) is 9.78 Å². The Morgan fingerprint density at radius 1 is 1.31 bits per heavy atom. The second kappa shape index (κ2) is 11.6. The van der Waals surface area contributed by atoms with E-state index in [4.69, 9.17) is 21.1 Å². The number of carbonyl (C=O) groups excluding carboxylic acids is 1. The molecule has 3 aromatic rings. The van der Waals surface area contributed by atoms with Gasteiger partial charge in [-0.05, 0) is 44.5 Å². The Morgan fingerprint density at radius 2 is 2.03 bits per heavy atom. The highest BCUT2D eigenvalue weighted by Gasteiger charge is 2.25. The molecule has 0 saturated carbocycles. The van der Waals surface area contributed by atoms with E-state index in [0.717, 1.165) is 4.47 Å². The number of carbonyl (C=O) groups is 1. The van der Waals surface area contributed by atoms with Crippen molar-refractivity contribution in [2.24, 2.45) is 5.10 Å². The molecule has 0 aliphatic heterocycles. The topological polar surface area (TPSA) is 126 Å². The van der Waals surface area contributed by atoms with Crippen LogP contribution in [0.15, 0.2) is 44.7 Å². The van der Waals surface area contributed by atoms with E-state index < -0.39 is 22.7 Å². The van der Waals surface area contributed by atoms with Crippen molar-refractivity contribution in [1.82, 2.24) is 9.66 Å². The van der Waals surface area contributed by atoms with Gasteiger partial charge in [-0.1, -0.05) is 41.4 Å². The summed E-state index contributed by atoms with van der Waals surface area (Å²) in [5.41, 5.74) is -0.0492. The first-order chi connectivity index (χ1) is 17.1. The van der Waals surface area contributed by atoms with Crippen LogP contribution >= 0.6 is 27.5 Å². The van der Waals surface area contributed by atoms with Gasteiger partial charge in [0.1, 0.15) is 5.82 Å². The number of hydrogen-bond acceptors (Lipinski definition) is 8. The Morgan fingerprint density at radius 3 is 2.67 bits per heavy atom. The summed E-state index contributed by atoms with van der Waals surface area (Å²) in [5.74, 6) is -0.576. The zero-order chi connectivity index (χ0) is 26.6. The molecule has 0 saturated heterocycles. The molecule has 0 spiro atoms. The van der Waals surface area contributed by atoms with E-state index in [1.807, 2.05) is 13.8 Å². The van der Waals surface area contributed by atoms with E-state index in [0.29, 0.717) is 23.1 Å². The second-order valence-corrected chi connectivity index (χ2v) is 9.25. The van der Waals surface area contributed by atoms with Gasteiger partial charge in [0.2, 0.25) is 5.75 Å². The van der Waals surface area contributed by atoms with Gasteiger partial charge in [-0.2, -0.15) is 9.78 Å². The number of aromatic nitrogens is 2. The molecule has 36 heavy (non-hydrogen) atoms. The van der Waals surface area contributed by atoms with Crippen molar-refractivity contribution in [3.05, 3.63) is 71.7 Å². The van der Waals surface area contributed by atoms with E-state index >= 15 is 0 Å². The molecule has 12 heteroatoms. The van der Waals surface area contributed by atoms with Crippen molar-refractivity contribution in [3.63, 3.8) is 0 Å². The molecule has 1 heterocycles. The number of rotatable bonds is 9. The molecule has 0 N–H and O–H groups in total. The van der Waals surface area contributed by atoms with Crippen LogP contribution in [0.2, 0.25) is 5.02 Å². The zero-order valence-corrected chi connectivity index (χ0v) is 22.4. The summed E-state index contributed by atoms with van der Waals surface area (Å²) in [6, 6.07) is 7.80. The van der Waals surface area contributed by atoms with Crippen molar-refractivity contribution in [2.75, 3.05) is 6.61 Å². The Balaban J connectivity index is 2.08. The molecule has 0 radical (unpaired) electrons. The minimum absolute atomic E-state index is 0.0824. The van der Waals surface area contributed by atoms with Crippen LogP contribution in [0.25, 0.3) is 10.9 Å². The minimum atomic E-state index is -1.11. The highest BCUT2D eigenvalue weighted by Crippen LogP contribution is 2.36. The van der Waals surface area contributed by atoms with Gasteiger partial charge < -0.3 is 9.47 Å². The van der Waals surface area contributed by atoms with Gasteiger partial charge in [0.05, 0.1) is 33.7 Å². The van der Waals surface area contributed by atoms with Crippen LogP contribution in [-0.2, 0) is 9.53 Å². The summed E-state index contributed by atoms with van der Waals surface area (Å²) in [6.07, 6.45) is 0.891. The summed E-state index contributed by atoms with van der Waals surface area (Å²) in [5, 5.41) is 16.3. The number of esters is 1. The normalized spacial score (nSPS) is 13.1. The minimum Gasteiger partial charge on any atom is -0.471 e. The average molecular weight is 580 g/mol. The molecule has 0 aliphatic carbocycles. The second-order valence-electron chi connectivity index (χ2n) is 7.92. The molecular formula is C24H24BrClN4O6. The third-order valence-corrected chi connectivity index (χ3v) is 6.14. The smallest absolute Gasteiger partial charge is 0.347 e. The predicted octanol–water partition coefficient (Wildman–Crippen LogP) is 5.45. The fourth-order valence-corrected chi connectivity index (χ4v) is 3.94. The van der Waals surface area contributed by atoms with Gasteiger partial charge >= 0.3 is 11.7 Å². The average Bonchev–Trinajstić information content (AvgIpc) is 2.84. The molecule has 0 bridgehead atoms. The van der Waals surface area contributed by atoms with Crippen LogP contribution in [0.4, 0.5) is 5.69 Å². The van der Waals surface area contributed by atoms with Crippen molar-refractivity contribution >= 4 is 56.3 Å². The zero-order valence-electron chi connectivity index (χ0n) is 20.0. The lowest BCUT2D eigenvalue weighted by molar-refractivity contribution is -0.386. The highest BCUT2D eigenvalue weighted by molar-refractivity contribution is 9.10. The first kappa shape index (κ1) is 27.3. The molecular weight excluding hydrogens is 556 g/mol. The van der Waals surface area contributed by atoms with Crippen LogP contribution in [0.3, 0.4) is 0 Å². The maximum atomic E-state index is 13.3. The monoisotopic (exact) mass is 578 g/mol. The fraction of sp³-hybridized carbons (Fsp3) is 0.333. The summed E-state index contributed by atoms with van der Waals surface area (Å²) in [6.45, 7) is 7.07. The lowest BCUT2D eigenvalue weighted by Gasteiger charge is -2.15. The van der Waals surface area contributed by atoms with E-state index in [1.165, 1.54) is 29.9 Å². The van der Waals surface area contributed by atoms with Crippen LogP contribution in [-0.4, -0.2) is 39.5 Å². The number of halogens is 2. The molecule has 0 amide bonds. The SMILES string of the molecule is CCOC(=O)[C@H](C)Oc1c(Cl)cc(C=Nn2c([C@@H](C)CC)nc3ccc(Br)cc3c2=O)cc1[N+](=O)[O-]. The summed E-state index contributed by atoms with van der Waals surface area (Å²) >= 11 is 9.65. The number of nitro benzene ring substituents is 1. The highest BCUT2D eigenvalue weighted by atomic mass is 79.9. The Kier molecular flexibility index (Phi) is 8.80. The molecule has 1 aromatic heterocycles. The van der Waals surface area contributed by atoms with Crippen molar-refractivity contribution in [1.29, 1.82) is 0 Å². The lowest BCUT2D eigenvalue weighted by Crippen LogP contribution is -2.26. The molecule has 10 nitrogen and oxygen atoms in total. The number of hydrogen-bond donors (Lipinski definition) is 0. The molecule has 190 valence electrons. The van der Waals surface area contributed by atoms with E-state index in [1.54, 1.807) is 25.1 Å². The third-order valence-electron chi connectivity index (χ3n) is 5.36. The van der Waals surface area contributed by atoms with E-state index in [9.17, 15) is 19.7 Å². The fourth-order valence-electron chi connectivity index (χ4n) is 3.31. The van der Waals surface area contributed by atoms with Gasteiger partial charge in [0.15, 0.2) is 6.10 Å². The van der Waals surface area contributed by atoms with E-state index in [2.05, 4.69) is 26.0 Å². The maximum Gasteiger partial charge on any atom is 0.347 e. The van der Waals surface area contributed by atoms with Gasteiger partial charge in [-0.3, -0.25) is 14.9 Å². The van der Waals surface area contributed by atoms with Crippen molar-refractivity contribution in [3.8, 4) is 5.75 Å². The first-order valence-corrected chi connectivity index (χ1v) is 12.3. The van der Waals surface area contributed by atoms with Crippen LogP contribution in [0.1, 0.15) is 51.4 Å². The van der Waals surface area contributed by atoms with Gasteiger partial charge in [-0.15, -0.1) is 0 Å².